The maximum Gasteiger partial charge on any atom is 0.285 e. The lowest BCUT2D eigenvalue weighted by molar-refractivity contribution is 0.0958. The fourth-order valence-electron chi connectivity index (χ4n) is 1.17. The molecule has 0 aromatic carbocycles. The highest BCUT2D eigenvalue weighted by atomic mass is 32.1. The second-order valence-electron chi connectivity index (χ2n) is 3.34. The summed E-state index contributed by atoms with van der Waals surface area (Å²) in [6.45, 7) is 3.56. The van der Waals surface area contributed by atoms with Gasteiger partial charge in [-0.05, 0) is 37.5 Å². The van der Waals surface area contributed by atoms with Gasteiger partial charge in [-0.15, -0.1) is 5.10 Å². The second kappa shape index (κ2) is 4.88. The first-order valence-corrected chi connectivity index (χ1v) is 5.63. The molecule has 0 saturated heterocycles. The Kier molecular flexibility index (Phi) is 3.29. The molecule has 17 heavy (non-hydrogen) atoms. The molecule has 88 valence electrons. The molecule has 2 aromatic rings. The predicted octanol–water partition coefficient (Wildman–Crippen LogP) is 1.51. The van der Waals surface area contributed by atoms with Gasteiger partial charge in [0.15, 0.2) is 0 Å². The van der Waals surface area contributed by atoms with E-state index in [0.29, 0.717) is 16.3 Å². The minimum absolute atomic E-state index is 0.322. The van der Waals surface area contributed by atoms with Gasteiger partial charge in [0.2, 0.25) is 0 Å². The number of furan rings is 1. The molecule has 0 fully saturated rings. The number of carbonyl (C=O) groups is 1. The van der Waals surface area contributed by atoms with Crippen LogP contribution in [0.4, 0.5) is 0 Å². The largest absolute Gasteiger partial charge is 0.460 e. The molecule has 0 bridgehead atoms. The average molecular weight is 250 g/mol. The molecule has 2 heterocycles. The summed E-state index contributed by atoms with van der Waals surface area (Å²) >= 11 is 1.04. The SMILES string of the molecule is Cc1ccc(C=NNC(=O)c2snnc2C)o1. The summed E-state index contributed by atoms with van der Waals surface area (Å²) in [4.78, 5) is 12.1. The molecule has 0 aliphatic heterocycles. The number of rotatable bonds is 3. The summed E-state index contributed by atoms with van der Waals surface area (Å²) in [5, 5.41) is 7.53. The lowest BCUT2D eigenvalue weighted by Crippen LogP contribution is -2.17. The van der Waals surface area contributed by atoms with E-state index in [4.69, 9.17) is 4.42 Å². The first-order valence-electron chi connectivity index (χ1n) is 4.85. The maximum absolute atomic E-state index is 11.6. The van der Waals surface area contributed by atoms with Crippen molar-refractivity contribution in [1.82, 2.24) is 15.0 Å². The number of carbonyl (C=O) groups excluding carboxylic acids is 1. The highest BCUT2D eigenvalue weighted by Crippen LogP contribution is 2.08. The van der Waals surface area contributed by atoms with Crippen molar-refractivity contribution in [3.05, 3.63) is 34.2 Å². The summed E-state index contributed by atoms with van der Waals surface area (Å²) in [5.41, 5.74) is 2.98. The Morgan fingerprint density at radius 1 is 1.53 bits per heavy atom. The first kappa shape index (κ1) is 11.5. The van der Waals surface area contributed by atoms with E-state index in [1.165, 1.54) is 6.21 Å². The predicted molar refractivity (Wildman–Crippen MR) is 63.2 cm³/mol. The van der Waals surface area contributed by atoms with Crippen LogP contribution in [0.25, 0.3) is 0 Å². The van der Waals surface area contributed by atoms with E-state index < -0.39 is 0 Å². The van der Waals surface area contributed by atoms with E-state index in [-0.39, 0.29) is 5.91 Å². The Bertz CT molecular complexity index is 558. The first-order chi connectivity index (χ1) is 8.16. The maximum atomic E-state index is 11.6. The molecular formula is C10H10N4O2S. The van der Waals surface area contributed by atoms with Crippen molar-refractivity contribution in [2.24, 2.45) is 5.10 Å². The standard InChI is InChI=1S/C10H10N4O2S/c1-6-3-4-8(16-6)5-11-13-10(15)9-7(2)12-14-17-9/h3-5H,1-2H3,(H,13,15). The molecule has 2 aromatic heterocycles. The van der Waals surface area contributed by atoms with Gasteiger partial charge in [0.25, 0.3) is 5.91 Å². The summed E-state index contributed by atoms with van der Waals surface area (Å²) in [7, 11) is 0. The van der Waals surface area contributed by atoms with Crippen molar-refractivity contribution in [3.8, 4) is 0 Å². The van der Waals surface area contributed by atoms with Crippen LogP contribution in [0.1, 0.15) is 26.9 Å². The molecule has 2 rings (SSSR count). The number of nitrogens with zero attached hydrogens (tertiary/aromatic N) is 3. The minimum atomic E-state index is -0.322. The van der Waals surface area contributed by atoms with E-state index in [9.17, 15) is 4.79 Å². The number of aromatic nitrogens is 2. The molecule has 7 heteroatoms. The molecule has 0 aliphatic carbocycles. The molecule has 1 amide bonds. The molecule has 0 atom stereocenters. The zero-order valence-electron chi connectivity index (χ0n) is 9.30. The Hall–Kier alpha value is -2.02. The third-order valence-electron chi connectivity index (χ3n) is 1.98. The van der Waals surface area contributed by atoms with Crippen LogP contribution in [0.15, 0.2) is 21.7 Å². The number of hydrogen-bond donors (Lipinski definition) is 1. The average Bonchev–Trinajstić information content (AvgIpc) is 2.87. The third-order valence-corrected chi connectivity index (χ3v) is 2.80. The minimum Gasteiger partial charge on any atom is -0.460 e. The van der Waals surface area contributed by atoms with Gasteiger partial charge in [0.05, 0.1) is 11.9 Å². The zero-order valence-corrected chi connectivity index (χ0v) is 10.1. The van der Waals surface area contributed by atoms with Gasteiger partial charge in [-0.2, -0.15) is 5.10 Å². The van der Waals surface area contributed by atoms with Crippen molar-refractivity contribution >= 4 is 23.7 Å². The van der Waals surface area contributed by atoms with Crippen molar-refractivity contribution in [1.29, 1.82) is 0 Å². The molecule has 0 aliphatic rings. The van der Waals surface area contributed by atoms with Gasteiger partial charge in [0, 0.05) is 0 Å². The van der Waals surface area contributed by atoms with Crippen molar-refractivity contribution < 1.29 is 9.21 Å². The van der Waals surface area contributed by atoms with Gasteiger partial charge >= 0.3 is 0 Å². The molecule has 6 nitrogen and oxygen atoms in total. The molecule has 1 N–H and O–H groups in total. The highest BCUT2D eigenvalue weighted by Gasteiger charge is 2.11. The fourth-order valence-corrected chi connectivity index (χ4v) is 1.71. The summed E-state index contributed by atoms with van der Waals surface area (Å²) in [5.74, 6) is 1.05. The topological polar surface area (TPSA) is 80.4 Å². The van der Waals surface area contributed by atoms with Crippen molar-refractivity contribution in [2.75, 3.05) is 0 Å². The Morgan fingerprint density at radius 3 is 2.94 bits per heavy atom. The van der Waals surface area contributed by atoms with Crippen LogP contribution < -0.4 is 5.43 Å². The molecule has 0 radical (unpaired) electrons. The highest BCUT2D eigenvalue weighted by molar-refractivity contribution is 7.07. The summed E-state index contributed by atoms with van der Waals surface area (Å²) in [6.07, 6.45) is 1.44. The Morgan fingerprint density at radius 2 is 2.35 bits per heavy atom. The van der Waals surface area contributed by atoms with E-state index in [0.717, 1.165) is 17.3 Å². The van der Waals surface area contributed by atoms with Crippen LogP contribution in [0.2, 0.25) is 0 Å². The Balaban J connectivity index is 1.97. The Labute approximate surface area is 102 Å². The van der Waals surface area contributed by atoms with Crippen molar-refractivity contribution in [3.63, 3.8) is 0 Å². The van der Waals surface area contributed by atoms with E-state index >= 15 is 0 Å². The number of aryl methyl sites for hydroxylation is 2. The normalized spacial score (nSPS) is 10.9. The zero-order chi connectivity index (χ0) is 12.3. The monoisotopic (exact) mass is 250 g/mol. The van der Waals surface area contributed by atoms with Gasteiger partial charge in [-0.25, -0.2) is 5.43 Å². The quantitative estimate of drug-likeness (QED) is 0.661. The van der Waals surface area contributed by atoms with Gasteiger partial charge in [-0.1, -0.05) is 4.49 Å². The summed E-state index contributed by atoms with van der Waals surface area (Å²) < 4.78 is 8.93. The van der Waals surface area contributed by atoms with Crippen LogP contribution in [0.3, 0.4) is 0 Å². The van der Waals surface area contributed by atoms with E-state index in [1.54, 1.807) is 13.0 Å². The van der Waals surface area contributed by atoms with Gasteiger partial charge in [-0.3, -0.25) is 4.79 Å². The third kappa shape index (κ3) is 2.76. The van der Waals surface area contributed by atoms with Gasteiger partial charge < -0.3 is 4.42 Å². The number of hydrogen-bond acceptors (Lipinski definition) is 6. The molecule has 0 unspecified atom stereocenters. The number of hydrazone groups is 1. The fraction of sp³-hybridized carbons (Fsp3) is 0.200. The van der Waals surface area contributed by atoms with Crippen LogP contribution in [-0.4, -0.2) is 21.7 Å². The van der Waals surface area contributed by atoms with Crippen LogP contribution in [0.5, 0.6) is 0 Å². The van der Waals surface area contributed by atoms with Crippen LogP contribution >= 0.6 is 11.5 Å². The summed E-state index contributed by atoms with van der Waals surface area (Å²) in [6, 6.07) is 3.59. The lowest BCUT2D eigenvalue weighted by Gasteiger charge is -1.94. The van der Waals surface area contributed by atoms with Crippen LogP contribution in [-0.2, 0) is 0 Å². The lowest BCUT2D eigenvalue weighted by atomic mass is 10.4. The van der Waals surface area contributed by atoms with Crippen LogP contribution in [0, 0.1) is 13.8 Å². The van der Waals surface area contributed by atoms with Crippen molar-refractivity contribution in [2.45, 2.75) is 13.8 Å². The molecule has 0 saturated carbocycles. The van der Waals surface area contributed by atoms with E-state index in [2.05, 4.69) is 20.1 Å². The second-order valence-corrected chi connectivity index (χ2v) is 4.09. The number of amides is 1. The van der Waals surface area contributed by atoms with Gasteiger partial charge in [0.1, 0.15) is 16.4 Å². The molecular weight excluding hydrogens is 240 g/mol. The molecule has 0 spiro atoms. The smallest absolute Gasteiger partial charge is 0.285 e. The van der Waals surface area contributed by atoms with E-state index in [1.807, 2.05) is 13.0 Å². The number of nitrogens with one attached hydrogen (secondary N) is 1.